The maximum Gasteiger partial charge on any atom is 0.254 e. The fourth-order valence-electron chi connectivity index (χ4n) is 2.40. The van der Waals surface area contributed by atoms with Gasteiger partial charge in [-0.1, -0.05) is 43.0 Å². The maximum absolute atomic E-state index is 12.8. The number of ether oxygens (including phenoxy) is 2. The van der Waals surface area contributed by atoms with E-state index >= 15 is 0 Å². The van der Waals surface area contributed by atoms with Crippen molar-refractivity contribution in [3.8, 4) is 11.5 Å². The Morgan fingerprint density at radius 1 is 1.21 bits per heavy atom. The highest BCUT2D eigenvalue weighted by Gasteiger charge is 2.20. The summed E-state index contributed by atoms with van der Waals surface area (Å²) in [4.78, 5) is 14.5. The van der Waals surface area contributed by atoms with Crippen molar-refractivity contribution in [3.63, 3.8) is 0 Å². The number of methoxy groups -OCH3 is 1. The summed E-state index contributed by atoms with van der Waals surface area (Å²) < 4.78 is 10.8. The molecule has 2 aromatic carbocycles. The predicted molar refractivity (Wildman–Crippen MR) is 95.6 cm³/mol. The van der Waals surface area contributed by atoms with Crippen LogP contribution in [-0.4, -0.2) is 31.6 Å². The second-order valence-electron chi connectivity index (χ2n) is 5.47. The van der Waals surface area contributed by atoms with Crippen molar-refractivity contribution >= 4 is 5.91 Å². The van der Waals surface area contributed by atoms with Gasteiger partial charge < -0.3 is 14.4 Å². The van der Waals surface area contributed by atoms with Gasteiger partial charge in [-0.3, -0.25) is 4.79 Å². The number of carbonyl (C=O) groups is 1. The number of amides is 1. The van der Waals surface area contributed by atoms with Crippen LogP contribution in [0.2, 0.25) is 0 Å². The number of hydrogen-bond acceptors (Lipinski definition) is 3. The van der Waals surface area contributed by atoms with Gasteiger partial charge in [0.25, 0.3) is 5.91 Å². The molecule has 2 rings (SSSR count). The Labute approximate surface area is 143 Å². The van der Waals surface area contributed by atoms with Crippen molar-refractivity contribution in [1.82, 2.24) is 4.90 Å². The minimum atomic E-state index is -0.0695. The van der Waals surface area contributed by atoms with Crippen LogP contribution in [-0.2, 0) is 0 Å². The summed E-state index contributed by atoms with van der Waals surface area (Å²) in [7, 11) is 3.36. The highest BCUT2D eigenvalue weighted by molar-refractivity contribution is 5.95. The lowest BCUT2D eigenvalue weighted by Gasteiger charge is -2.25. The Bertz CT molecular complexity index is 697. The number of nitrogens with zero attached hydrogens (tertiary/aromatic N) is 1. The number of benzene rings is 2. The molecular weight excluding hydrogens is 302 g/mol. The van der Waals surface area contributed by atoms with E-state index in [4.69, 9.17) is 9.47 Å². The van der Waals surface area contributed by atoms with E-state index in [2.05, 4.69) is 6.58 Å². The average molecular weight is 325 g/mol. The van der Waals surface area contributed by atoms with Gasteiger partial charge in [0.1, 0.15) is 6.61 Å². The molecule has 0 heterocycles. The SMILES string of the molecule is C=CCOc1ccc(C(=O)N(C)C(C)c2ccccc2)cc1OC. The minimum Gasteiger partial charge on any atom is -0.493 e. The Kier molecular flexibility index (Phi) is 6.01. The van der Waals surface area contributed by atoms with Crippen LogP contribution < -0.4 is 9.47 Å². The third-order valence-corrected chi connectivity index (χ3v) is 3.95. The highest BCUT2D eigenvalue weighted by Crippen LogP contribution is 2.29. The molecule has 1 atom stereocenters. The van der Waals surface area contributed by atoms with Crippen LogP contribution >= 0.6 is 0 Å². The van der Waals surface area contributed by atoms with E-state index in [1.165, 1.54) is 0 Å². The van der Waals surface area contributed by atoms with Crippen molar-refractivity contribution in [3.05, 3.63) is 72.3 Å². The van der Waals surface area contributed by atoms with Gasteiger partial charge in [-0.25, -0.2) is 0 Å². The molecule has 4 heteroatoms. The van der Waals surface area contributed by atoms with Crippen LogP contribution in [0.25, 0.3) is 0 Å². The molecule has 0 bridgehead atoms. The quantitative estimate of drug-likeness (QED) is 0.720. The zero-order chi connectivity index (χ0) is 17.5. The average Bonchev–Trinajstić information content (AvgIpc) is 2.65. The summed E-state index contributed by atoms with van der Waals surface area (Å²) in [6.45, 7) is 6.01. The van der Waals surface area contributed by atoms with E-state index in [0.717, 1.165) is 5.56 Å². The van der Waals surface area contributed by atoms with E-state index in [9.17, 15) is 4.79 Å². The van der Waals surface area contributed by atoms with Crippen LogP contribution in [0.15, 0.2) is 61.2 Å². The van der Waals surface area contributed by atoms with Gasteiger partial charge in [-0.2, -0.15) is 0 Å². The Hall–Kier alpha value is -2.75. The molecule has 0 aliphatic rings. The molecule has 2 aromatic rings. The van der Waals surface area contributed by atoms with Gasteiger partial charge in [-0.15, -0.1) is 0 Å². The van der Waals surface area contributed by atoms with E-state index in [0.29, 0.717) is 23.7 Å². The Balaban J connectivity index is 2.20. The van der Waals surface area contributed by atoms with E-state index < -0.39 is 0 Å². The highest BCUT2D eigenvalue weighted by atomic mass is 16.5. The molecule has 0 fully saturated rings. The van der Waals surface area contributed by atoms with Crippen LogP contribution in [0, 0.1) is 0 Å². The molecule has 0 aliphatic heterocycles. The molecule has 0 spiro atoms. The van der Waals surface area contributed by atoms with Crippen LogP contribution in [0.4, 0.5) is 0 Å². The first-order valence-corrected chi connectivity index (χ1v) is 7.82. The lowest BCUT2D eigenvalue weighted by Crippen LogP contribution is -2.29. The van der Waals surface area contributed by atoms with Crippen molar-refractivity contribution in [1.29, 1.82) is 0 Å². The van der Waals surface area contributed by atoms with Gasteiger partial charge in [0.2, 0.25) is 0 Å². The molecule has 0 aliphatic carbocycles. The first-order chi connectivity index (χ1) is 11.6. The first-order valence-electron chi connectivity index (χ1n) is 7.82. The number of hydrogen-bond donors (Lipinski definition) is 0. The summed E-state index contributed by atoms with van der Waals surface area (Å²) >= 11 is 0. The molecule has 126 valence electrons. The minimum absolute atomic E-state index is 0.0265. The lowest BCUT2D eigenvalue weighted by atomic mass is 10.1. The smallest absolute Gasteiger partial charge is 0.254 e. The molecule has 1 unspecified atom stereocenters. The molecule has 0 radical (unpaired) electrons. The lowest BCUT2D eigenvalue weighted by molar-refractivity contribution is 0.0742. The standard InChI is InChI=1S/C20H23NO3/c1-5-13-24-18-12-11-17(14-19(18)23-4)20(22)21(3)15(2)16-9-7-6-8-10-16/h5-12,14-15H,1,13H2,2-4H3. The third-order valence-electron chi connectivity index (χ3n) is 3.95. The molecule has 0 saturated carbocycles. The molecule has 4 nitrogen and oxygen atoms in total. The monoisotopic (exact) mass is 325 g/mol. The summed E-state index contributed by atoms with van der Waals surface area (Å²) in [5.41, 5.74) is 1.65. The Morgan fingerprint density at radius 3 is 2.54 bits per heavy atom. The Morgan fingerprint density at radius 2 is 1.92 bits per heavy atom. The number of carbonyl (C=O) groups excluding carboxylic acids is 1. The normalized spacial score (nSPS) is 11.5. The molecule has 1 amide bonds. The summed E-state index contributed by atoms with van der Waals surface area (Å²) in [5, 5.41) is 0. The zero-order valence-corrected chi connectivity index (χ0v) is 14.4. The summed E-state index contributed by atoms with van der Waals surface area (Å²) in [6.07, 6.45) is 1.66. The summed E-state index contributed by atoms with van der Waals surface area (Å²) in [5.74, 6) is 1.05. The van der Waals surface area contributed by atoms with Crippen molar-refractivity contribution in [2.75, 3.05) is 20.8 Å². The van der Waals surface area contributed by atoms with Crippen molar-refractivity contribution in [2.24, 2.45) is 0 Å². The van der Waals surface area contributed by atoms with Gasteiger partial charge in [0.05, 0.1) is 13.2 Å². The second-order valence-corrected chi connectivity index (χ2v) is 5.47. The van der Waals surface area contributed by atoms with Crippen LogP contribution in [0.3, 0.4) is 0 Å². The fraction of sp³-hybridized carbons (Fsp3) is 0.250. The number of rotatable bonds is 7. The molecule has 0 saturated heterocycles. The third kappa shape index (κ3) is 3.96. The molecule has 24 heavy (non-hydrogen) atoms. The van der Waals surface area contributed by atoms with Crippen LogP contribution in [0.1, 0.15) is 28.9 Å². The maximum atomic E-state index is 12.8. The van der Waals surface area contributed by atoms with Gasteiger partial charge >= 0.3 is 0 Å². The van der Waals surface area contributed by atoms with Crippen molar-refractivity contribution in [2.45, 2.75) is 13.0 Å². The predicted octanol–water partition coefficient (Wildman–Crippen LogP) is 4.09. The fourth-order valence-corrected chi connectivity index (χ4v) is 2.40. The van der Waals surface area contributed by atoms with E-state index in [1.807, 2.05) is 37.3 Å². The topological polar surface area (TPSA) is 38.8 Å². The van der Waals surface area contributed by atoms with Gasteiger partial charge in [0.15, 0.2) is 11.5 Å². The van der Waals surface area contributed by atoms with Crippen LogP contribution in [0.5, 0.6) is 11.5 Å². The van der Waals surface area contributed by atoms with Crippen molar-refractivity contribution < 1.29 is 14.3 Å². The first kappa shape index (κ1) is 17.6. The molecular formula is C20H23NO3. The summed E-state index contributed by atoms with van der Waals surface area (Å²) in [6, 6.07) is 15.1. The molecule has 0 aromatic heterocycles. The van der Waals surface area contributed by atoms with E-state index in [1.54, 1.807) is 43.3 Å². The van der Waals surface area contributed by atoms with Gasteiger partial charge in [0, 0.05) is 12.6 Å². The largest absolute Gasteiger partial charge is 0.493 e. The molecule has 0 N–H and O–H groups in total. The van der Waals surface area contributed by atoms with E-state index in [-0.39, 0.29) is 11.9 Å². The second kappa shape index (κ2) is 8.20. The van der Waals surface area contributed by atoms with Gasteiger partial charge in [-0.05, 0) is 30.7 Å². The zero-order valence-electron chi connectivity index (χ0n) is 14.4.